The van der Waals surface area contributed by atoms with Gasteiger partial charge in [0.2, 0.25) is 0 Å². The number of nitrogens with zero attached hydrogens (tertiary/aromatic N) is 3. The molecule has 26 heavy (non-hydrogen) atoms. The first-order valence-electron chi connectivity index (χ1n) is 8.87. The minimum absolute atomic E-state index is 0.0167. The Morgan fingerprint density at radius 3 is 2.85 bits per heavy atom. The van der Waals surface area contributed by atoms with Gasteiger partial charge in [0.1, 0.15) is 5.69 Å². The van der Waals surface area contributed by atoms with E-state index in [0.717, 1.165) is 12.1 Å². The van der Waals surface area contributed by atoms with Gasteiger partial charge in [-0.15, -0.1) is 0 Å². The topological polar surface area (TPSA) is 55.3 Å². The maximum atomic E-state index is 12.7. The average molecular weight is 347 g/mol. The van der Waals surface area contributed by atoms with Crippen molar-refractivity contribution in [2.45, 2.75) is 19.4 Å². The Bertz CT molecular complexity index is 919. The lowest BCUT2D eigenvalue weighted by Crippen LogP contribution is -2.46. The second-order valence-electron chi connectivity index (χ2n) is 6.63. The highest BCUT2D eigenvalue weighted by Crippen LogP contribution is 2.22. The lowest BCUT2D eigenvalue weighted by molar-refractivity contribution is -0.0209. The number of fused-ring (bicyclic) bond motifs is 1. The number of ether oxygens (including phenoxy) is 1. The molecule has 1 amide bonds. The predicted molar refractivity (Wildman–Crippen MR) is 100 cm³/mol. The van der Waals surface area contributed by atoms with Crippen LogP contribution in [0, 0.1) is 6.92 Å². The van der Waals surface area contributed by atoms with Crippen LogP contribution in [-0.4, -0.2) is 46.6 Å². The van der Waals surface area contributed by atoms with Gasteiger partial charge in [0.05, 0.1) is 24.6 Å². The zero-order valence-electron chi connectivity index (χ0n) is 14.8. The van der Waals surface area contributed by atoms with Gasteiger partial charge in [-0.05, 0) is 23.3 Å². The molecular weight excluding hydrogens is 326 g/mol. The van der Waals surface area contributed by atoms with E-state index in [1.165, 1.54) is 16.3 Å². The zero-order valence-corrected chi connectivity index (χ0v) is 14.8. The number of carbonyl (C=O) groups is 1. The van der Waals surface area contributed by atoms with Gasteiger partial charge in [0, 0.05) is 25.7 Å². The van der Waals surface area contributed by atoms with E-state index in [2.05, 4.69) is 46.4 Å². The summed E-state index contributed by atoms with van der Waals surface area (Å²) < 4.78 is 5.94. The number of morpholine rings is 1. The molecule has 0 radical (unpaired) electrons. The van der Waals surface area contributed by atoms with Crippen molar-refractivity contribution in [2.75, 3.05) is 19.7 Å². The molecule has 1 atom stereocenters. The fraction of sp³-hybridized carbons (Fsp3) is 0.286. The fourth-order valence-corrected chi connectivity index (χ4v) is 3.41. The third kappa shape index (κ3) is 3.44. The lowest BCUT2D eigenvalue weighted by Gasteiger charge is -2.33. The largest absolute Gasteiger partial charge is 0.374 e. The molecule has 4 rings (SSSR count). The first kappa shape index (κ1) is 16.7. The molecule has 1 saturated heterocycles. The quantitative estimate of drug-likeness (QED) is 0.731. The number of amides is 1. The van der Waals surface area contributed by atoms with E-state index in [1.54, 1.807) is 12.4 Å². The molecule has 132 valence electrons. The molecule has 2 aromatic carbocycles. The average Bonchev–Trinajstić information content (AvgIpc) is 2.69. The number of hydrogen-bond acceptors (Lipinski definition) is 4. The number of aromatic nitrogens is 2. The van der Waals surface area contributed by atoms with Gasteiger partial charge < -0.3 is 9.64 Å². The third-order valence-corrected chi connectivity index (χ3v) is 4.75. The van der Waals surface area contributed by atoms with E-state index in [4.69, 9.17) is 4.74 Å². The highest BCUT2D eigenvalue weighted by Gasteiger charge is 2.26. The van der Waals surface area contributed by atoms with Crippen LogP contribution in [0.4, 0.5) is 0 Å². The molecule has 0 unspecified atom stereocenters. The van der Waals surface area contributed by atoms with E-state index in [0.29, 0.717) is 25.4 Å². The van der Waals surface area contributed by atoms with Crippen molar-refractivity contribution in [3.63, 3.8) is 0 Å². The van der Waals surface area contributed by atoms with Crippen LogP contribution in [0.2, 0.25) is 0 Å². The molecule has 0 aliphatic carbocycles. The van der Waals surface area contributed by atoms with E-state index in [9.17, 15) is 4.79 Å². The van der Waals surface area contributed by atoms with Crippen molar-refractivity contribution >= 4 is 16.7 Å². The van der Waals surface area contributed by atoms with Gasteiger partial charge in [0.25, 0.3) is 5.91 Å². The minimum Gasteiger partial charge on any atom is -0.374 e. The Kier molecular flexibility index (Phi) is 4.63. The third-order valence-electron chi connectivity index (χ3n) is 4.75. The van der Waals surface area contributed by atoms with Crippen LogP contribution in [0.5, 0.6) is 0 Å². The second kappa shape index (κ2) is 7.22. The highest BCUT2D eigenvalue weighted by molar-refractivity contribution is 5.92. The van der Waals surface area contributed by atoms with Crippen LogP contribution in [0.1, 0.15) is 21.7 Å². The number of rotatable bonds is 3. The van der Waals surface area contributed by atoms with Crippen LogP contribution in [-0.2, 0) is 11.2 Å². The summed E-state index contributed by atoms with van der Waals surface area (Å²) in [7, 11) is 0. The number of aryl methyl sites for hydroxylation is 1. The first-order valence-corrected chi connectivity index (χ1v) is 8.87. The van der Waals surface area contributed by atoms with Crippen molar-refractivity contribution in [1.82, 2.24) is 14.9 Å². The lowest BCUT2D eigenvalue weighted by atomic mass is 9.99. The molecule has 2 heterocycles. The summed E-state index contributed by atoms with van der Waals surface area (Å²) in [5.41, 5.74) is 2.44. The summed E-state index contributed by atoms with van der Waals surface area (Å²) in [6.07, 6.45) is 3.94. The predicted octanol–water partition coefficient (Wildman–Crippen LogP) is 3.02. The van der Waals surface area contributed by atoms with Crippen molar-refractivity contribution in [3.05, 3.63) is 71.8 Å². The van der Waals surface area contributed by atoms with Crippen molar-refractivity contribution in [1.29, 1.82) is 0 Å². The maximum Gasteiger partial charge on any atom is 0.274 e. The summed E-state index contributed by atoms with van der Waals surface area (Å²) in [6, 6.07) is 14.7. The number of benzene rings is 2. The molecular formula is C21H21N3O2. The highest BCUT2D eigenvalue weighted by atomic mass is 16.5. The Morgan fingerprint density at radius 1 is 1.15 bits per heavy atom. The van der Waals surface area contributed by atoms with Crippen LogP contribution >= 0.6 is 0 Å². The van der Waals surface area contributed by atoms with E-state index in [-0.39, 0.29) is 12.0 Å². The Morgan fingerprint density at radius 2 is 2.00 bits per heavy atom. The first-order chi connectivity index (χ1) is 12.7. The summed E-state index contributed by atoms with van der Waals surface area (Å²) in [5.74, 6) is -0.0799. The second-order valence-corrected chi connectivity index (χ2v) is 6.63. The zero-order chi connectivity index (χ0) is 17.9. The van der Waals surface area contributed by atoms with Crippen molar-refractivity contribution < 1.29 is 9.53 Å². The van der Waals surface area contributed by atoms with Gasteiger partial charge in [-0.3, -0.25) is 9.78 Å². The molecule has 3 aromatic rings. The molecule has 1 aliphatic heterocycles. The molecule has 1 aromatic heterocycles. The molecule has 5 nitrogen and oxygen atoms in total. The van der Waals surface area contributed by atoms with E-state index >= 15 is 0 Å². The van der Waals surface area contributed by atoms with Crippen molar-refractivity contribution in [2.24, 2.45) is 0 Å². The van der Waals surface area contributed by atoms with Crippen LogP contribution < -0.4 is 0 Å². The van der Waals surface area contributed by atoms with Crippen LogP contribution in [0.15, 0.2) is 54.9 Å². The van der Waals surface area contributed by atoms with Gasteiger partial charge in [-0.1, -0.05) is 42.5 Å². The molecule has 0 bridgehead atoms. The summed E-state index contributed by atoms with van der Waals surface area (Å²) in [6.45, 7) is 3.55. The van der Waals surface area contributed by atoms with Gasteiger partial charge in [0.15, 0.2) is 0 Å². The minimum atomic E-state index is -0.0799. The maximum absolute atomic E-state index is 12.7. The Balaban J connectivity index is 1.50. The van der Waals surface area contributed by atoms with Crippen LogP contribution in [0.3, 0.4) is 0 Å². The molecule has 1 aliphatic rings. The summed E-state index contributed by atoms with van der Waals surface area (Å²) in [5, 5.41) is 2.47. The molecule has 0 N–H and O–H groups in total. The standard InChI is InChI=1S/C21H21N3O2/c1-15-12-23-20(13-22-15)21(25)24-9-10-26-18(14-24)11-17-7-4-6-16-5-2-3-8-19(16)17/h2-8,12-13,18H,9-11,14H2,1H3/t18-/m0/s1. The van der Waals surface area contributed by atoms with E-state index in [1.807, 2.05) is 17.9 Å². The fourth-order valence-electron chi connectivity index (χ4n) is 3.41. The summed E-state index contributed by atoms with van der Waals surface area (Å²) in [4.78, 5) is 22.9. The summed E-state index contributed by atoms with van der Waals surface area (Å²) >= 11 is 0. The van der Waals surface area contributed by atoms with E-state index < -0.39 is 0 Å². The molecule has 5 heteroatoms. The molecule has 1 fully saturated rings. The Labute approximate surface area is 152 Å². The monoisotopic (exact) mass is 347 g/mol. The molecule has 0 spiro atoms. The molecule has 0 saturated carbocycles. The van der Waals surface area contributed by atoms with Crippen molar-refractivity contribution in [3.8, 4) is 0 Å². The van der Waals surface area contributed by atoms with Gasteiger partial charge in [-0.2, -0.15) is 0 Å². The normalized spacial score (nSPS) is 17.4. The Hall–Kier alpha value is -2.79. The number of carbonyl (C=O) groups excluding carboxylic acids is 1. The number of hydrogen-bond donors (Lipinski definition) is 0. The SMILES string of the molecule is Cc1cnc(C(=O)N2CCO[C@@H](Cc3cccc4ccccc34)C2)cn1. The smallest absolute Gasteiger partial charge is 0.274 e. The van der Waals surface area contributed by atoms with Gasteiger partial charge >= 0.3 is 0 Å². The van der Waals surface area contributed by atoms with Gasteiger partial charge in [-0.25, -0.2) is 4.98 Å². The van der Waals surface area contributed by atoms with Crippen LogP contribution in [0.25, 0.3) is 10.8 Å².